The van der Waals surface area contributed by atoms with E-state index in [1.165, 1.54) is 0 Å². The molecular weight excluding hydrogens is 238 g/mol. The first-order valence-electron chi connectivity index (χ1n) is 5.32. The Bertz CT molecular complexity index is 758. The number of rotatable bonds is 1. The van der Waals surface area contributed by atoms with Gasteiger partial charge in [0, 0.05) is 5.56 Å². The summed E-state index contributed by atoms with van der Waals surface area (Å²) < 4.78 is 0. The lowest BCUT2D eigenvalue weighted by molar-refractivity contribution is 1.26. The number of anilines is 1. The van der Waals surface area contributed by atoms with Crippen LogP contribution in [0.5, 0.6) is 0 Å². The first kappa shape index (κ1) is 12.1. The zero-order valence-electron chi connectivity index (χ0n) is 9.75. The zero-order chi connectivity index (χ0) is 13.8. The van der Waals surface area contributed by atoms with Crippen molar-refractivity contribution in [1.82, 2.24) is 4.98 Å². The fourth-order valence-corrected chi connectivity index (χ4v) is 1.74. The maximum atomic E-state index is 9.21. The Labute approximate surface area is 109 Å². The molecule has 0 saturated carbocycles. The van der Waals surface area contributed by atoms with Crippen LogP contribution in [0.3, 0.4) is 0 Å². The molecule has 1 heterocycles. The molecule has 0 radical (unpaired) electrons. The summed E-state index contributed by atoms with van der Waals surface area (Å²) in [5, 5.41) is 27.3. The summed E-state index contributed by atoms with van der Waals surface area (Å²) >= 11 is 0. The lowest BCUT2D eigenvalue weighted by Gasteiger charge is -2.08. The Hall–Kier alpha value is -3.36. The van der Waals surface area contributed by atoms with Gasteiger partial charge >= 0.3 is 0 Å². The molecule has 0 spiro atoms. The topological polar surface area (TPSA) is 110 Å². The molecule has 0 amide bonds. The van der Waals surface area contributed by atoms with Gasteiger partial charge in [0.1, 0.15) is 29.6 Å². The Morgan fingerprint density at radius 3 is 1.95 bits per heavy atom. The number of hydrogen-bond donors (Lipinski definition) is 1. The van der Waals surface area contributed by atoms with Crippen molar-refractivity contribution in [3.05, 3.63) is 47.0 Å². The number of aromatic nitrogens is 1. The van der Waals surface area contributed by atoms with Crippen LogP contribution in [0, 0.1) is 34.0 Å². The van der Waals surface area contributed by atoms with Crippen LogP contribution >= 0.6 is 0 Å². The highest BCUT2D eigenvalue weighted by atomic mass is 14.9. The molecule has 0 fully saturated rings. The first-order chi connectivity index (χ1) is 9.22. The Balaban J connectivity index is 2.87. The molecule has 1 aromatic heterocycles. The smallest absolute Gasteiger partial charge is 0.143 e. The van der Waals surface area contributed by atoms with Crippen molar-refractivity contribution in [1.29, 1.82) is 15.8 Å². The van der Waals surface area contributed by atoms with Gasteiger partial charge in [0.15, 0.2) is 0 Å². The molecule has 88 valence electrons. The van der Waals surface area contributed by atoms with E-state index in [0.717, 1.165) is 0 Å². The van der Waals surface area contributed by atoms with E-state index in [0.29, 0.717) is 11.3 Å². The van der Waals surface area contributed by atoms with Crippen molar-refractivity contribution >= 4 is 5.82 Å². The minimum Gasteiger partial charge on any atom is -0.383 e. The molecule has 19 heavy (non-hydrogen) atoms. The molecule has 1 aromatic carbocycles. The molecule has 0 aliphatic carbocycles. The predicted molar refractivity (Wildman–Crippen MR) is 68.2 cm³/mol. The molecule has 5 heteroatoms. The molecule has 0 bridgehead atoms. The van der Waals surface area contributed by atoms with Crippen LogP contribution in [0.4, 0.5) is 5.82 Å². The van der Waals surface area contributed by atoms with Gasteiger partial charge in [-0.05, 0) is 0 Å². The molecule has 0 unspecified atom stereocenters. The van der Waals surface area contributed by atoms with Crippen LogP contribution in [0.15, 0.2) is 30.3 Å². The highest BCUT2D eigenvalue weighted by molar-refractivity contribution is 5.76. The van der Waals surface area contributed by atoms with Crippen molar-refractivity contribution in [2.75, 3.05) is 5.73 Å². The molecule has 0 atom stereocenters. The number of hydrogen-bond acceptors (Lipinski definition) is 5. The molecule has 5 nitrogen and oxygen atoms in total. The Kier molecular flexibility index (Phi) is 3.11. The summed E-state index contributed by atoms with van der Waals surface area (Å²) in [6, 6.07) is 14.5. The second-order valence-corrected chi connectivity index (χ2v) is 3.67. The number of nitrogen functional groups attached to an aromatic ring is 1. The Morgan fingerprint density at radius 1 is 0.842 bits per heavy atom. The van der Waals surface area contributed by atoms with Crippen LogP contribution in [0.25, 0.3) is 11.3 Å². The SMILES string of the molecule is N#Cc1c(N)nc(-c2ccccc2)c(C#N)c1C#N. The fourth-order valence-electron chi connectivity index (χ4n) is 1.74. The second-order valence-electron chi connectivity index (χ2n) is 3.67. The first-order valence-corrected chi connectivity index (χ1v) is 5.32. The summed E-state index contributed by atoms with van der Waals surface area (Å²) in [5.41, 5.74) is 6.64. The van der Waals surface area contributed by atoms with Crippen LogP contribution in [-0.4, -0.2) is 4.98 Å². The van der Waals surface area contributed by atoms with Crippen molar-refractivity contribution in [3.8, 4) is 29.5 Å². The second kappa shape index (κ2) is 4.87. The number of nitrogens with two attached hydrogens (primary N) is 1. The maximum absolute atomic E-state index is 9.21. The average molecular weight is 245 g/mol. The normalized spacial score (nSPS) is 9.11. The van der Waals surface area contributed by atoms with Gasteiger partial charge in [-0.1, -0.05) is 30.3 Å². The molecule has 2 aromatic rings. The summed E-state index contributed by atoms with van der Waals surface area (Å²) in [6.45, 7) is 0. The molecule has 0 aliphatic rings. The Morgan fingerprint density at radius 2 is 1.42 bits per heavy atom. The van der Waals surface area contributed by atoms with Crippen LogP contribution < -0.4 is 5.73 Å². The molecule has 0 saturated heterocycles. The van der Waals surface area contributed by atoms with Gasteiger partial charge in [-0.15, -0.1) is 0 Å². The highest BCUT2D eigenvalue weighted by Crippen LogP contribution is 2.28. The van der Waals surface area contributed by atoms with Crippen molar-refractivity contribution in [3.63, 3.8) is 0 Å². The van der Waals surface area contributed by atoms with Gasteiger partial charge in [0.25, 0.3) is 0 Å². The van der Waals surface area contributed by atoms with E-state index in [9.17, 15) is 5.26 Å². The summed E-state index contributed by atoms with van der Waals surface area (Å²) in [4.78, 5) is 4.08. The maximum Gasteiger partial charge on any atom is 0.143 e. The van der Waals surface area contributed by atoms with Crippen molar-refractivity contribution in [2.45, 2.75) is 0 Å². The van der Waals surface area contributed by atoms with E-state index in [1.54, 1.807) is 24.3 Å². The average Bonchev–Trinajstić information content (AvgIpc) is 2.46. The number of nitriles is 3. The van der Waals surface area contributed by atoms with Gasteiger partial charge in [-0.25, -0.2) is 4.98 Å². The van der Waals surface area contributed by atoms with E-state index < -0.39 is 0 Å². The van der Waals surface area contributed by atoms with E-state index in [-0.39, 0.29) is 22.5 Å². The highest BCUT2D eigenvalue weighted by Gasteiger charge is 2.19. The number of nitrogens with zero attached hydrogens (tertiary/aromatic N) is 4. The zero-order valence-corrected chi connectivity index (χ0v) is 9.75. The molecule has 2 N–H and O–H groups in total. The van der Waals surface area contributed by atoms with Crippen molar-refractivity contribution in [2.24, 2.45) is 0 Å². The third kappa shape index (κ3) is 1.95. The van der Waals surface area contributed by atoms with E-state index in [2.05, 4.69) is 4.98 Å². The van der Waals surface area contributed by atoms with E-state index >= 15 is 0 Å². The fraction of sp³-hybridized carbons (Fsp3) is 0. The van der Waals surface area contributed by atoms with Gasteiger partial charge in [-0.2, -0.15) is 15.8 Å². The summed E-state index contributed by atoms with van der Waals surface area (Å²) in [7, 11) is 0. The van der Waals surface area contributed by atoms with Crippen LogP contribution in [-0.2, 0) is 0 Å². The third-order valence-corrected chi connectivity index (χ3v) is 2.61. The standard InChI is InChI=1S/C14H7N5/c15-6-10-11(7-16)13(9-4-2-1-3-5-9)19-14(18)12(10)8-17/h1-5H,(H2,18,19). The van der Waals surface area contributed by atoms with Crippen LogP contribution in [0.2, 0.25) is 0 Å². The van der Waals surface area contributed by atoms with Crippen molar-refractivity contribution < 1.29 is 0 Å². The minimum absolute atomic E-state index is 0.0312. The largest absolute Gasteiger partial charge is 0.383 e. The molecule has 0 aliphatic heterocycles. The number of benzene rings is 1. The lowest BCUT2D eigenvalue weighted by atomic mass is 9.98. The summed E-state index contributed by atoms with van der Waals surface area (Å²) in [5.74, 6) is -0.0445. The van der Waals surface area contributed by atoms with Gasteiger partial charge < -0.3 is 5.73 Å². The monoisotopic (exact) mass is 245 g/mol. The van der Waals surface area contributed by atoms with Gasteiger partial charge in [0.2, 0.25) is 0 Å². The van der Waals surface area contributed by atoms with Crippen LogP contribution in [0.1, 0.15) is 16.7 Å². The quantitative estimate of drug-likeness (QED) is 0.825. The van der Waals surface area contributed by atoms with E-state index in [1.807, 2.05) is 24.3 Å². The lowest BCUT2D eigenvalue weighted by Crippen LogP contribution is -2.04. The van der Waals surface area contributed by atoms with Gasteiger partial charge in [-0.3, -0.25) is 0 Å². The van der Waals surface area contributed by atoms with E-state index in [4.69, 9.17) is 16.3 Å². The predicted octanol–water partition coefficient (Wildman–Crippen LogP) is 1.95. The third-order valence-electron chi connectivity index (χ3n) is 2.61. The molecule has 2 rings (SSSR count). The molecular formula is C14H7N5. The van der Waals surface area contributed by atoms with Gasteiger partial charge in [0.05, 0.1) is 16.8 Å². The summed E-state index contributed by atoms with van der Waals surface area (Å²) in [6.07, 6.45) is 0. The number of pyridine rings is 1. The minimum atomic E-state index is -0.0567.